The summed E-state index contributed by atoms with van der Waals surface area (Å²) in [5.41, 5.74) is 1.92. The summed E-state index contributed by atoms with van der Waals surface area (Å²) in [4.78, 5) is 22.9. The van der Waals surface area contributed by atoms with Crippen molar-refractivity contribution < 1.29 is 19.1 Å². The summed E-state index contributed by atoms with van der Waals surface area (Å²) in [5.74, 6) is 1.77. The van der Waals surface area contributed by atoms with E-state index in [0.29, 0.717) is 17.8 Å². The minimum Gasteiger partial charge on any atom is -0.462 e. The van der Waals surface area contributed by atoms with Crippen molar-refractivity contribution in [2.45, 2.75) is 91.3 Å². The minimum atomic E-state index is -0.159. The van der Waals surface area contributed by atoms with Gasteiger partial charge in [-0.3, -0.25) is 9.59 Å². The summed E-state index contributed by atoms with van der Waals surface area (Å²) >= 11 is 0. The van der Waals surface area contributed by atoms with Crippen LogP contribution in [0.2, 0.25) is 0 Å². The third-order valence-corrected chi connectivity index (χ3v) is 8.61. The zero-order valence-electron chi connectivity index (χ0n) is 17.3. The smallest absolute Gasteiger partial charge is 0.302 e. The Hall–Kier alpha value is -1.32. The molecule has 0 radical (unpaired) electrons. The summed E-state index contributed by atoms with van der Waals surface area (Å²) in [7, 11) is 0. The molecular weight excluding hydrogens is 340 g/mol. The second-order valence-electron chi connectivity index (χ2n) is 9.95. The maximum atomic E-state index is 11.6. The molecule has 4 aliphatic rings. The lowest BCUT2D eigenvalue weighted by molar-refractivity contribution is -0.157. The van der Waals surface area contributed by atoms with Gasteiger partial charge in [-0.1, -0.05) is 25.5 Å². The Balaban J connectivity index is 1.55. The topological polar surface area (TPSA) is 52.6 Å². The lowest BCUT2D eigenvalue weighted by Gasteiger charge is -2.57. The van der Waals surface area contributed by atoms with Gasteiger partial charge < -0.3 is 9.47 Å². The lowest BCUT2D eigenvalue weighted by atomic mass is 9.48. The van der Waals surface area contributed by atoms with Crippen LogP contribution in [-0.2, 0) is 19.1 Å². The first-order chi connectivity index (χ1) is 12.7. The van der Waals surface area contributed by atoms with E-state index in [1.54, 1.807) is 6.92 Å². The van der Waals surface area contributed by atoms with Crippen LogP contribution in [-0.4, -0.2) is 24.1 Å². The number of ether oxygens (including phenoxy) is 2. The summed E-state index contributed by atoms with van der Waals surface area (Å²) in [6.07, 6.45) is 11.4. The molecule has 4 heteroatoms. The molecule has 0 N–H and O–H groups in total. The second kappa shape index (κ2) is 6.63. The summed E-state index contributed by atoms with van der Waals surface area (Å²) in [5, 5.41) is 0. The van der Waals surface area contributed by atoms with E-state index in [0.717, 1.165) is 38.5 Å². The average Bonchev–Trinajstić information content (AvgIpc) is 2.91. The van der Waals surface area contributed by atoms with Crippen LogP contribution in [0.5, 0.6) is 0 Å². The molecule has 0 saturated heterocycles. The SMILES string of the molecule is CC(=O)O[C@H]1CC[C@@]2(C)C(=CC[C@@H]3[C@H]2CC[C@@]2(C)[C@@H](OC(C)=O)CC[C@@H]32)C1. The van der Waals surface area contributed by atoms with Gasteiger partial charge in [0.2, 0.25) is 0 Å². The third-order valence-electron chi connectivity index (χ3n) is 8.61. The highest BCUT2D eigenvalue weighted by atomic mass is 16.5. The highest BCUT2D eigenvalue weighted by molar-refractivity contribution is 5.66. The lowest BCUT2D eigenvalue weighted by Crippen LogP contribution is -2.51. The van der Waals surface area contributed by atoms with Crippen molar-refractivity contribution >= 4 is 11.9 Å². The molecule has 0 aromatic rings. The predicted molar refractivity (Wildman–Crippen MR) is 103 cm³/mol. The first kappa shape index (κ1) is 19.0. The van der Waals surface area contributed by atoms with Crippen molar-refractivity contribution in [1.29, 1.82) is 0 Å². The standard InChI is InChI=1S/C23H34O4/c1-14(24)26-17-9-11-22(3)16(13-17)5-6-18-19-7-8-21(27-15(2)25)23(19,4)12-10-20(18)22/h5,17-21H,6-13H2,1-4H3/t17-,18-,19-,20+,21-,22-,23+/m0/s1. The Morgan fingerprint density at radius 1 is 0.963 bits per heavy atom. The maximum absolute atomic E-state index is 11.6. The fourth-order valence-electron chi connectivity index (χ4n) is 7.31. The van der Waals surface area contributed by atoms with Crippen LogP contribution >= 0.6 is 0 Å². The molecule has 0 unspecified atom stereocenters. The normalized spacial score (nSPS) is 45.8. The van der Waals surface area contributed by atoms with Crippen molar-refractivity contribution in [3.63, 3.8) is 0 Å². The number of carbonyl (C=O) groups is 2. The van der Waals surface area contributed by atoms with Crippen LogP contribution in [0.15, 0.2) is 11.6 Å². The molecule has 7 atom stereocenters. The van der Waals surface area contributed by atoms with Gasteiger partial charge in [-0.2, -0.15) is 0 Å². The molecule has 0 aromatic carbocycles. The van der Waals surface area contributed by atoms with Gasteiger partial charge in [-0.05, 0) is 68.1 Å². The van der Waals surface area contributed by atoms with Crippen LogP contribution in [0, 0.1) is 28.6 Å². The molecule has 4 rings (SSSR count). The van der Waals surface area contributed by atoms with Crippen molar-refractivity contribution in [1.82, 2.24) is 0 Å². The molecule has 27 heavy (non-hydrogen) atoms. The molecule has 3 fully saturated rings. The van der Waals surface area contributed by atoms with Crippen molar-refractivity contribution in [2.24, 2.45) is 28.6 Å². The van der Waals surface area contributed by atoms with Crippen LogP contribution in [0.3, 0.4) is 0 Å². The largest absolute Gasteiger partial charge is 0.462 e. The Morgan fingerprint density at radius 3 is 2.41 bits per heavy atom. The molecular formula is C23H34O4. The number of esters is 2. The van der Waals surface area contributed by atoms with E-state index < -0.39 is 0 Å². The summed E-state index contributed by atoms with van der Waals surface area (Å²) in [6, 6.07) is 0. The van der Waals surface area contributed by atoms with Crippen LogP contribution in [0.25, 0.3) is 0 Å². The molecule has 0 spiro atoms. The van der Waals surface area contributed by atoms with Gasteiger partial charge >= 0.3 is 11.9 Å². The van der Waals surface area contributed by atoms with Gasteiger partial charge in [0.25, 0.3) is 0 Å². The highest BCUT2D eigenvalue weighted by Crippen LogP contribution is 2.65. The van der Waals surface area contributed by atoms with Gasteiger partial charge in [0.1, 0.15) is 12.2 Å². The quantitative estimate of drug-likeness (QED) is 0.514. The van der Waals surface area contributed by atoms with E-state index in [2.05, 4.69) is 19.9 Å². The van der Waals surface area contributed by atoms with E-state index >= 15 is 0 Å². The number of carbonyl (C=O) groups excluding carboxylic acids is 2. The van der Waals surface area contributed by atoms with E-state index in [4.69, 9.17) is 9.47 Å². The first-order valence-corrected chi connectivity index (χ1v) is 10.8. The van der Waals surface area contributed by atoms with Crippen LogP contribution in [0.4, 0.5) is 0 Å². The average molecular weight is 375 g/mol. The van der Waals surface area contributed by atoms with Gasteiger partial charge in [0, 0.05) is 25.7 Å². The third kappa shape index (κ3) is 3.03. The van der Waals surface area contributed by atoms with E-state index in [9.17, 15) is 9.59 Å². The van der Waals surface area contributed by atoms with Gasteiger partial charge in [-0.15, -0.1) is 0 Å². The summed E-state index contributed by atoms with van der Waals surface area (Å²) < 4.78 is 11.3. The fourth-order valence-corrected chi connectivity index (χ4v) is 7.31. The summed E-state index contributed by atoms with van der Waals surface area (Å²) in [6.45, 7) is 7.88. The molecule has 0 aromatic heterocycles. The van der Waals surface area contributed by atoms with Crippen LogP contribution < -0.4 is 0 Å². The molecule has 3 saturated carbocycles. The monoisotopic (exact) mass is 374 g/mol. The number of fused-ring (bicyclic) bond motifs is 5. The van der Waals surface area contributed by atoms with E-state index in [1.807, 2.05) is 0 Å². The minimum absolute atomic E-state index is 0.0621. The Kier molecular flexibility index (Phi) is 4.67. The molecule has 0 amide bonds. The molecule has 0 aliphatic heterocycles. The second-order valence-corrected chi connectivity index (χ2v) is 9.95. The molecule has 4 aliphatic carbocycles. The Morgan fingerprint density at radius 2 is 1.70 bits per heavy atom. The number of hydrogen-bond acceptors (Lipinski definition) is 4. The zero-order chi connectivity index (χ0) is 19.4. The van der Waals surface area contributed by atoms with Gasteiger partial charge in [0.05, 0.1) is 0 Å². The molecule has 0 bridgehead atoms. The Bertz CT molecular complexity index is 667. The molecule has 0 heterocycles. The van der Waals surface area contributed by atoms with Gasteiger partial charge in [-0.25, -0.2) is 0 Å². The molecule has 4 nitrogen and oxygen atoms in total. The fraction of sp³-hybridized carbons (Fsp3) is 0.826. The van der Waals surface area contributed by atoms with Crippen molar-refractivity contribution in [3.05, 3.63) is 11.6 Å². The van der Waals surface area contributed by atoms with E-state index in [1.165, 1.54) is 25.3 Å². The predicted octanol–water partition coefficient (Wildman–Crippen LogP) is 4.81. The number of rotatable bonds is 2. The number of allylic oxidation sites excluding steroid dienone is 1. The first-order valence-electron chi connectivity index (χ1n) is 10.8. The van der Waals surface area contributed by atoms with Crippen molar-refractivity contribution in [2.75, 3.05) is 0 Å². The maximum Gasteiger partial charge on any atom is 0.302 e. The van der Waals surface area contributed by atoms with Gasteiger partial charge in [0.15, 0.2) is 0 Å². The van der Waals surface area contributed by atoms with Crippen molar-refractivity contribution in [3.8, 4) is 0 Å². The van der Waals surface area contributed by atoms with Crippen LogP contribution in [0.1, 0.15) is 79.1 Å². The number of hydrogen-bond donors (Lipinski definition) is 0. The van der Waals surface area contributed by atoms with E-state index in [-0.39, 0.29) is 35.0 Å². The highest BCUT2D eigenvalue weighted by Gasteiger charge is 2.59. The molecule has 150 valence electrons. The Labute approximate surface area is 163 Å². The zero-order valence-corrected chi connectivity index (χ0v) is 17.3.